The molecule has 20 heavy (non-hydrogen) atoms. The van der Waals surface area contributed by atoms with E-state index in [9.17, 15) is 8.78 Å². The molecule has 2 aromatic rings. The molecular weight excluding hydrogens is 258 g/mol. The molecule has 0 aromatic heterocycles. The van der Waals surface area contributed by atoms with Gasteiger partial charge >= 0.3 is 0 Å². The molecule has 0 aliphatic rings. The fraction of sp³-hybridized carbons (Fsp3) is 0.250. The molecule has 0 saturated carbocycles. The van der Waals surface area contributed by atoms with Crippen LogP contribution in [0.4, 0.5) is 20.2 Å². The predicted molar refractivity (Wildman–Crippen MR) is 79.2 cm³/mol. The number of halogens is 2. The molecule has 0 atom stereocenters. The van der Waals surface area contributed by atoms with Gasteiger partial charge in [0.25, 0.3) is 0 Å². The third-order valence-electron chi connectivity index (χ3n) is 3.11. The lowest BCUT2D eigenvalue weighted by Gasteiger charge is -2.23. The van der Waals surface area contributed by atoms with Crippen molar-refractivity contribution in [3.05, 3.63) is 60.2 Å². The van der Waals surface area contributed by atoms with Gasteiger partial charge in [-0.3, -0.25) is 0 Å². The van der Waals surface area contributed by atoms with Gasteiger partial charge in [-0.25, -0.2) is 8.78 Å². The van der Waals surface area contributed by atoms with E-state index in [4.69, 9.17) is 0 Å². The Morgan fingerprint density at radius 2 is 1.75 bits per heavy atom. The van der Waals surface area contributed by atoms with Gasteiger partial charge in [-0.15, -0.1) is 0 Å². The first-order valence-electron chi connectivity index (χ1n) is 6.69. The molecule has 0 radical (unpaired) electrons. The van der Waals surface area contributed by atoms with Gasteiger partial charge in [0.15, 0.2) is 0 Å². The lowest BCUT2D eigenvalue weighted by molar-refractivity contribution is 0.626. The van der Waals surface area contributed by atoms with Crippen LogP contribution in [0.15, 0.2) is 48.5 Å². The molecule has 2 rings (SSSR count). The average Bonchev–Trinajstić information content (AvgIpc) is 2.45. The summed E-state index contributed by atoms with van der Waals surface area (Å²) in [6.45, 7) is 4.28. The summed E-state index contributed by atoms with van der Waals surface area (Å²) in [5.41, 5.74) is 1.75. The highest BCUT2D eigenvalue weighted by atomic mass is 19.1. The van der Waals surface area contributed by atoms with E-state index in [2.05, 4.69) is 10.2 Å². The van der Waals surface area contributed by atoms with Crippen LogP contribution < -0.4 is 10.2 Å². The van der Waals surface area contributed by atoms with E-state index in [1.807, 2.05) is 13.0 Å². The summed E-state index contributed by atoms with van der Waals surface area (Å²) >= 11 is 0. The Labute approximate surface area is 118 Å². The second-order valence-corrected chi connectivity index (χ2v) is 4.49. The first-order valence-corrected chi connectivity index (χ1v) is 6.69. The molecule has 0 amide bonds. The third kappa shape index (κ3) is 3.95. The van der Waals surface area contributed by atoms with Crippen LogP contribution in [0.2, 0.25) is 0 Å². The Morgan fingerprint density at radius 3 is 2.40 bits per heavy atom. The highest BCUT2D eigenvalue weighted by Crippen LogP contribution is 2.15. The summed E-state index contributed by atoms with van der Waals surface area (Å²) in [7, 11) is 0. The van der Waals surface area contributed by atoms with Crippen LogP contribution in [-0.2, 0) is 0 Å². The largest absolute Gasteiger partial charge is 0.383 e. The quantitative estimate of drug-likeness (QED) is 0.860. The Kier molecular flexibility index (Phi) is 4.93. The van der Waals surface area contributed by atoms with Gasteiger partial charge in [-0.1, -0.05) is 6.07 Å². The number of benzene rings is 2. The Bertz CT molecular complexity index is 540. The molecule has 0 heterocycles. The summed E-state index contributed by atoms with van der Waals surface area (Å²) in [6.07, 6.45) is 0. The van der Waals surface area contributed by atoms with Crippen LogP contribution in [0.25, 0.3) is 0 Å². The van der Waals surface area contributed by atoms with Crippen LogP contribution in [0, 0.1) is 11.6 Å². The fourth-order valence-corrected chi connectivity index (χ4v) is 2.05. The maximum atomic E-state index is 13.2. The second-order valence-electron chi connectivity index (χ2n) is 4.49. The highest BCUT2D eigenvalue weighted by molar-refractivity contribution is 5.47. The molecule has 0 bridgehead atoms. The monoisotopic (exact) mass is 276 g/mol. The van der Waals surface area contributed by atoms with Crippen molar-refractivity contribution in [3.8, 4) is 0 Å². The number of hydrogen-bond donors (Lipinski definition) is 1. The molecule has 4 heteroatoms. The van der Waals surface area contributed by atoms with Gasteiger partial charge in [-0.05, 0) is 49.4 Å². The molecule has 1 N–H and O–H groups in total. The zero-order valence-corrected chi connectivity index (χ0v) is 11.4. The number of rotatable bonds is 6. The van der Waals surface area contributed by atoms with E-state index in [0.29, 0.717) is 6.54 Å². The molecular formula is C16H18F2N2. The maximum absolute atomic E-state index is 13.2. The standard InChI is InChI=1S/C16H18F2N2/c1-2-20(16-5-3-4-14(18)12-16)11-10-19-15-8-6-13(17)7-9-15/h3-9,12,19H,2,10-11H2,1H3. The summed E-state index contributed by atoms with van der Waals surface area (Å²) in [5.74, 6) is -0.474. The van der Waals surface area contributed by atoms with Gasteiger partial charge in [0.05, 0.1) is 0 Å². The van der Waals surface area contributed by atoms with Crippen molar-refractivity contribution in [2.75, 3.05) is 29.9 Å². The predicted octanol–water partition coefficient (Wildman–Crippen LogP) is 3.90. The Hall–Kier alpha value is -2.10. The molecule has 2 nitrogen and oxygen atoms in total. The molecule has 0 aliphatic carbocycles. The lowest BCUT2D eigenvalue weighted by Crippen LogP contribution is -2.28. The molecule has 2 aromatic carbocycles. The minimum Gasteiger partial charge on any atom is -0.383 e. The van der Waals surface area contributed by atoms with Crippen LogP contribution in [0.3, 0.4) is 0 Å². The van der Waals surface area contributed by atoms with Crippen LogP contribution in [-0.4, -0.2) is 19.6 Å². The maximum Gasteiger partial charge on any atom is 0.125 e. The van der Waals surface area contributed by atoms with Crippen molar-refractivity contribution in [2.24, 2.45) is 0 Å². The molecule has 0 aliphatic heterocycles. The van der Waals surface area contributed by atoms with E-state index in [1.165, 1.54) is 24.3 Å². The normalized spacial score (nSPS) is 10.3. The summed E-state index contributed by atoms with van der Waals surface area (Å²) in [4.78, 5) is 2.08. The fourth-order valence-electron chi connectivity index (χ4n) is 2.05. The zero-order valence-electron chi connectivity index (χ0n) is 11.4. The van der Waals surface area contributed by atoms with E-state index in [-0.39, 0.29) is 11.6 Å². The number of anilines is 2. The average molecular weight is 276 g/mol. The summed E-state index contributed by atoms with van der Waals surface area (Å²) in [5, 5.41) is 3.22. The smallest absolute Gasteiger partial charge is 0.125 e. The van der Waals surface area contributed by atoms with Gasteiger partial charge in [-0.2, -0.15) is 0 Å². The van der Waals surface area contributed by atoms with Crippen molar-refractivity contribution in [2.45, 2.75) is 6.92 Å². The molecule has 0 saturated heterocycles. The topological polar surface area (TPSA) is 15.3 Å². The van der Waals surface area contributed by atoms with Gasteiger partial charge in [0.1, 0.15) is 11.6 Å². The number of nitrogens with zero attached hydrogens (tertiary/aromatic N) is 1. The summed E-state index contributed by atoms with van der Waals surface area (Å²) in [6, 6.07) is 12.8. The van der Waals surface area contributed by atoms with E-state index < -0.39 is 0 Å². The first kappa shape index (κ1) is 14.3. The second kappa shape index (κ2) is 6.89. The van der Waals surface area contributed by atoms with Gasteiger partial charge < -0.3 is 10.2 Å². The zero-order chi connectivity index (χ0) is 14.4. The van der Waals surface area contributed by atoms with Crippen molar-refractivity contribution in [1.29, 1.82) is 0 Å². The van der Waals surface area contributed by atoms with E-state index >= 15 is 0 Å². The van der Waals surface area contributed by atoms with Gasteiger partial charge in [0.2, 0.25) is 0 Å². The van der Waals surface area contributed by atoms with Crippen LogP contribution >= 0.6 is 0 Å². The van der Waals surface area contributed by atoms with Gasteiger partial charge in [0, 0.05) is 31.0 Å². The number of hydrogen-bond acceptors (Lipinski definition) is 2. The van der Waals surface area contributed by atoms with Crippen molar-refractivity contribution in [3.63, 3.8) is 0 Å². The van der Waals surface area contributed by atoms with Crippen LogP contribution in [0.5, 0.6) is 0 Å². The van der Waals surface area contributed by atoms with Crippen molar-refractivity contribution in [1.82, 2.24) is 0 Å². The third-order valence-corrected chi connectivity index (χ3v) is 3.11. The lowest BCUT2D eigenvalue weighted by atomic mass is 10.2. The highest BCUT2D eigenvalue weighted by Gasteiger charge is 2.04. The molecule has 106 valence electrons. The Balaban J connectivity index is 1.89. The van der Waals surface area contributed by atoms with E-state index in [1.54, 1.807) is 18.2 Å². The summed E-state index contributed by atoms with van der Waals surface area (Å²) < 4.78 is 26.0. The first-order chi connectivity index (χ1) is 9.69. The molecule has 0 spiro atoms. The van der Waals surface area contributed by atoms with Crippen molar-refractivity contribution < 1.29 is 8.78 Å². The SMILES string of the molecule is CCN(CCNc1ccc(F)cc1)c1cccc(F)c1. The van der Waals surface area contributed by atoms with Crippen LogP contribution in [0.1, 0.15) is 6.92 Å². The number of likely N-dealkylation sites (N-methyl/N-ethyl adjacent to an activating group) is 1. The number of nitrogens with one attached hydrogen (secondary N) is 1. The Morgan fingerprint density at radius 1 is 1.00 bits per heavy atom. The molecule has 0 fully saturated rings. The van der Waals surface area contributed by atoms with E-state index in [0.717, 1.165) is 24.5 Å². The van der Waals surface area contributed by atoms with Crippen molar-refractivity contribution >= 4 is 11.4 Å². The minimum atomic E-state index is -0.245. The minimum absolute atomic E-state index is 0.229. The molecule has 0 unspecified atom stereocenters.